The molecule has 2 aromatic rings. The van der Waals surface area contributed by atoms with Gasteiger partial charge in [-0.1, -0.05) is 18.2 Å². The Morgan fingerprint density at radius 3 is 1.94 bits per heavy atom. The van der Waals surface area contributed by atoms with E-state index in [-0.39, 0.29) is 0 Å². The molecule has 0 bridgehead atoms. The van der Waals surface area contributed by atoms with E-state index in [4.69, 9.17) is 4.74 Å². The number of carbonyl (C=O) groups excluding carboxylic acids is 2. The number of hydrogen-bond acceptors (Lipinski definition) is 4. The summed E-state index contributed by atoms with van der Waals surface area (Å²) in [5.74, 6) is -1.34. The molecule has 0 aliphatic heterocycles. The van der Waals surface area contributed by atoms with Gasteiger partial charge in [-0.05, 0) is 24.3 Å². The van der Waals surface area contributed by atoms with Crippen LogP contribution in [0.4, 0.5) is 0 Å². The van der Waals surface area contributed by atoms with Crippen LogP contribution in [-0.4, -0.2) is 16.9 Å². The highest BCUT2D eigenvalue weighted by molar-refractivity contribution is 6.02. The van der Waals surface area contributed by atoms with Gasteiger partial charge in [0.1, 0.15) is 0 Å². The molecule has 0 saturated heterocycles. The van der Waals surface area contributed by atoms with Crippen molar-refractivity contribution in [3.05, 3.63) is 66.0 Å². The average molecular weight is 227 g/mol. The van der Waals surface area contributed by atoms with E-state index in [2.05, 4.69) is 4.98 Å². The van der Waals surface area contributed by atoms with Crippen molar-refractivity contribution < 1.29 is 14.3 Å². The third kappa shape index (κ3) is 2.75. The highest BCUT2D eigenvalue weighted by atomic mass is 16.6. The lowest BCUT2D eigenvalue weighted by molar-refractivity contribution is 0.0397. The van der Waals surface area contributed by atoms with Gasteiger partial charge in [-0.2, -0.15) is 0 Å². The quantitative estimate of drug-likeness (QED) is 0.582. The van der Waals surface area contributed by atoms with E-state index in [1.54, 1.807) is 30.3 Å². The molecule has 1 heterocycles. The van der Waals surface area contributed by atoms with Crippen LogP contribution in [0.1, 0.15) is 20.7 Å². The van der Waals surface area contributed by atoms with Crippen LogP contribution in [0.3, 0.4) is 0 Å². The molecule has 0 saturated carbocycles. The molecule has 0 unspecified atom stereocenters. The molecular weight excluding hydrogens is 218 g/mol. The summed E-state index contributed by atoms with van der Waals surface area (Å²) in [5, 5.41) is 0. The van der Waals surface area contributed by atoms with Crippen molar-refractivity contribution in [1.29, 1.82) is 0 Å². The molecule has 0 N–H and O–H groups in total. The van der Waals surface area contributed by atoms with E-state index in [1.165, 1.54) is 24.5 Å². The fourth-order valence-electron chi connectivity index (χ4n) is 1.26. The van der Waals surface area contributed by atoms with Gasteiger partial charge in [0.05, 0.1) is 11.1 Å². The molecule has 2 rings (SSSR count). The first-order chi connectivity index (χ1) is 8.27. The highest BCUT2D eigenvalue weighted by Crippen LogP contribution is 2.05. The maximum atomic E-state index is 11.6. The molecule has 1 aromatic heterocycles. The first-order valence-corrected chi connectivity index (χ1v) is 4.99. The number of carbonyl (C=O) groups is 2. The van der Waals surface area contributed by atoms with Crippen molar-refractivity contribution in [3.63, 3.8) is 0 Å². The van der Waals surface area contributed by atoms with Gasteiger partial charge in [0.25, 0.3) is 0 Å². The van der Waals surface area contributed by atoms with E-state index < -0.39 is 11.9 Å². The van der Waals surface area contributed by atoms with Gasteiger partial charge < -0.3 is 4.74 Å². The minimum atomic E-state index is -0.679. The van der Waals surface area contributed by atoms with Crippen molar-refractivity contribution >= 4 is 11.9 Å². The number of nitrogens with zero attached hydrogens (tertiary/aromatic N) is 1. The molecule has 0 spiro atoms. The van der Waals surface area contributed by atoms with E-state index in [1.807, 2.05) is 0 Å². The molecule has 0 aliphatic rings. The second kappa shape index (κ2) is 5.03. The van der Waals surface area contributed by atoms with Gasteiger partial charge in [0, 0.05) is 12.4 Å². The standard InChI is InChI=1S/C13H9NO3/c15-12(10-4-2-1-3-5-10)17-13(16)11-6-8-14-9-7-11/h1-9H. The molecule has 0 aliphatic carbocycles. The predicted octanol–water partition coefficient (Wildman–Crippen LogP) is 2.08. The largest absolute Gasteiger partial charge is 0.386 e. The van der Waals surface area contributed by atoms with Crippen LogP contribution in [0.5, 0.6) is 0 Å². The third-order valence-corrected chi connectivity index (χ3v) is 2.11. The first-order valence-electron chi connectivity index (χ1n) is 4.99. The van der Waals surface area contributed by atoms with Crippen molar-refractivity contribution in [2.24, 2.45) is 0 Å². The van der Waals surface area contributed by atoms with Crippen LogP contribution < -0.4 is 0 Å². The van der Waals surface area contributed by atoms with Crippen LogP contribution in [0, 0.1) is 0 Å². The summed E-state index contributed by atoms with van der Waals surface area (Å²) in [6.45, 7) is 0. The Kier molecular flexibility index (Phi) is 3.25. The molecule has 17 heavy (non-hydrogen) atoms. The van der Waals surface area contributed by atoms with Gasteiger partial charge in [-0.25, -0.2) is 9.59 Å². The third-order valence-electron chi connectivity index (χ3n) is 2.11. The number of pyridine rings is 1. The van der Waals surface area contributed by atoms with Gasteiger partial charge in [0.2, 0.25) is 0 Å². The van der Waals surface area contributed by atoms with E-state index >= 15 is 0 Å². The summed E-state index contributed by atoms with van der Waals surface area (Å²) in [4.78, 5) is 26.9. The number of benzene rings is 1. The van der Waals surface area contributed by atoms with Gasteiger partial charge in [0.15, 0.2) is 0 Å². The maximum Gasteiger partial charge on any atom is 0.346 e. The Labute approximate surface area is 97.9 Å². The monoisotopic (exact) mass is 227 g/mol. The molecule has 0 fully saturated rings. The number of hydrogen-bond donors (Lipinski definition) is 0. The second-order valence-corrected chi connectivity index (χ2v) is 3.28. The van der Waals surface area contributed by atoms with Crippen molar-refractivity contribution in [1.82, 2.24) is 4.98 Å². The van der Waals surface area contributed by atoms with Gasteiger partial charge in [-0.15, -0.1) is 0 Å². The van der Waals surface area contributed by atoms with Crippen LogP contribution in [0.2, 0.25) is 0 Å². The normalized spacial score (nSPS) is 9.65. The predicted molar refractivity (Wildman–Crippen MR) is 60.4 cm³/mol. The minimum absolute atomic E-state index is 0.296. The van der Waals surface area contributed by atoms with Gasteiger partial charge in [-0.3, -0.25) is 4.98 Å². The first kappa shape index (κ1) is 11.0. The Bertz CT molecular complexity index is 473. The zero-order valence-electron chi connectivity index (χ0n) is 8.87. The van der Waals surface area contributed by atoms with Crippen molar-refractivity contribution in [2.75, 3.05) is 0 Å². The Hall–Kier alpha value is -2.49. The topological polar surface area (TPSA) is 56.3 Å². The molecule has 4 heteroatoms. The Morgan fingerprint density at radius 1 is 0.824 bits per heavy atom. The maximum absolute atomic E-state index is 11.6. The number of rotatable bonds is 2. The van der Waals surface area contributed by atoms with Crippen molar-refractivity contribution in [2.45, 2.75) is 0 Å². The summed E-state index contributed by atoms with van der Waals surface area (Å²) in [6, 6.07) is 11.3. The van der Waals surface area contributed by atoms with Crippen LogP contribution in [0.15, 0.2) is 54.9 Å². The second-order valence-electron chi connectivity index (χ2n) is 3.28. The highest BCUT2D eigenvalue weighted by Gasteiger charge is 2.13. The van der Waals surface area contributed by atoms with Crippen LogP contribution in [-0.2, 0) is 4.74 Å². The zero-order valence-corrected chi connectivity index (χ0v) is 8.87. The average Bonchev–Trinajstić information content (AvgIpc) is 2.40. The Morgan fingerprint density at radius 2 is 1.35 bits per heavy atom. The number of esters is 2. The minimum Gasteiger partial charge on any atom is -0.386 e. The van der Waals surface area contributed by atoms with E-state index in [0.717, 1.165) is 0 Å². The number of ether oxygens (including phenoxy) is 1. The fourth-order valence-corrected chi connectivity index (χ4v) is 1.26. The van der Waals surface area contributed by atoms with Crippen molar-refractivity contribution in [3.8, 4) is 0 Å². The molecule has 0 atom stereocenters. The lowest BCUT2D eigenvalue weighted by Crippen LogP contribution is -2.12. The summed E-state index contributed by atoms with van der Waals surface area (Å²) in [5.41, 5.74) is 0.638. The van der Waals surface area contributed by atoms with Gasteiger partial charge >= 0.3 is 11.9 Å². The molecule has 4 nitrogen and oxygen atoms in total. The van der Waals surface area contributed by atoms with Crippen LogP contribution in [0.25, 0.3) is 0 Å². The molecule has 0 amide bonds. The SMILES string of the molecule is O=C(OC(=O)c1ccncc1)c1ccccc1. The van der Waals surface area contributed by atoms with Crippen LogP contribution >= 0.6 is 0 Å². The number of aromatic nitrogens is 1. The summed E-state index contributed by atoms with van der Waals surface area (Å²) >= 11 is 0. The van der Waals surface area contributed by atoms with E-state index in [9.17, 15) is 9.59 Å². The summed E-state index contributed by atoms with van der Waals surface area (Å²) in [7, 11) is 0. The van der Waals surface area contributed by atoms with E-state index in [0.29, 0.717) is 11.1 Å². The Balaban J connectivity index is 2.08. The molecule has 1 aromatic carbocycles. The molecular formula is C13H9NO3. The lowest BCUT2D eigenvalue weighted by atomic mass is 10.2. The summed E-state index contributed by atoms with van der Waals surface area (Å²) in [6.07, 6.45) is 2.92. The molecule has 0 radical (unpaired) electrons. The molecule has 84 valence electrons. The zero-order chi connectivity index (χ0) is 12.1. The summed E-state index contributed by atoms with van der Waals surface area (Å²) < 4.78 is 4.72. The fraction of sp³-hybridized carbons (Fsp3) is 0. The smallest absolute Gasteiger partial charge is 0.346 e. The lowest BCUT2D eigenvalue weighted by Gasteiger charge is -2.02.